The number of carbonyl (C=O) groups is 2. The first-order chi connectivity index (χ1) is 14.4. The molecule has 158 valence electrons. The SMILES string of the molecule is O=C(C1CC(=O)N(c2cccc(Br)c2)C1)N1CCN(S(=O)(=O)c2ccccc2)CC1. The van der Waals surface area contributed by atoms with Gasteiger partial charge in [0.2, 0.25) is 21.8 Å². The number of nitrogens with zero attached hydrogens (tertiary/aromatic N) is 3. The van der Waals surface area contributed by atoms with E-state index in [2.05, 4.69) is 15.9 Å². The van der Waals surface area contributed by atoms with Gasteiger partial charge in [0, 0.05) is 49.3 Å². The van der Waals surface area contributed by atoms with Crippen molar-refractivity contribution in [2.45, 2.75) is 11.3 Å². The standard InChI is InChI=1S/C21H22BrN3O4S/c22-17-5-4-6-18(14-17)25-15-16(13-20(25)26)21(27)23-9-11-24(12-10-23)30(28,29)19-7-2-1-3-8-19/h1-8,14,16H,9-13,15H2. The number of carbonyl (C=O) groups excluding carboxylic acids is 2. The number of hydrogen-bond donors (Lipinski definition) is 0. The third kappa shape index (κ3) is 4.14. The number of benzene rings is 2. The van der Waals surface area contributed by atoms with Gasteiger partial charge in [0.1, 0.15) is 0 Å². The lowest BCUT2D eigenvalue weighted by atomic mass is 10.1. The van der Waals surface area contributed by atoms with Crippen molar-refractivity contribution in [1.82, 2.24) is 9.21 Å². The van der Waals surface area contributed by atoms with Gasteiger partial charge >= 0.3 is 0 Å². The second-order valence-corrected chi connectivity index (χ2v) is 10.3. The molecule has 0 radical (unpaired) electrons. The zero-order chi connectivity index (χ0) is 21.3. The van der Waals surface area contributed by atoms with Crippen molar-refractivity contribution in [2.75, 3.05) is 37.6 Å². The third-order valence-corrected chi connectivity index (χ3v) is 7.93. The molecular formula is C21H22BrN3O4S. The van der Waals surface area contributed by atoms with Crippen molar-refractivity contribution >= 4 is 43.5 Å². The van der Waals surface area contributed by atoms with Gasteiger partial charge in [-0.1, -0.05) is 40.2 Å². The van der Waals surface area contributed by atoms with Crippen molar-refractivity contribution in [3.05, 3.63) is 59.1 Å². The lowest BCUT2D eigenvalue weighted by Crippen LogP contribution is -2.52. The fourth-order valence-electron chi connectivity index (χ4n) is 3.92. The van der Waals surface area contributed by atoms with Crippen molar-refractivity contribution in [3.63, 3.8) is 0 Å². The molecule has 2 saturated heterocycles. The zero-order valence-corrected chi connectivity index (χ0v) is 18.7. The molecule has 9 heteroatoms. The summed E-state index contributed by atoms with van der Waals surface area (Å²) in [5.74, 6) is -0.567. The summed E-state index contributed by atoms with van der Waals surface area (Å²) in [4.78, 5) is 29.0. The molecule has 0 bridgehead atoms. The Morgan fingerprint density at radius 1 is 0.967 bits per heavy atom. The second kappa shape index (κ2) is 8.49. The van der Waals surface area contributed by atoms with Gasteiger partial charge in [-0.05, 0) is 30.3 Å². The highest BCUT2D eigenvalue weighted by atomic mass is 79.9. The molecule has 2 fully saturated rings. The summed E-state index contributed by atoms with van der Waals surface area (Å²) >= 11 is 3.41. The van der Waals surface area contributed by atoms with E-state index in [1.54, 1.807) is 40.1 Å². The number of hydrogen-bond acceptors (Lipinski definition) is 4. The molecule has 0 saturated carbocycles. The Hall–Kier alpha value is -2.23. The fourth-order valence-corrected chi connectivity index (χ4v) is 5.75. The number of rotatable bonds is 4. The average molecular weight is 492 g/mol. The van der Waals surface area contributed by atoms with Gasteiger partial charge in [0.15, 0.2) is 0 Å². The van der Waals surface area contributed by atoms with Crippen LogP contribution in [0.2, 0.25) is 0 Å². The van der Waals surface area contributed by atoms with Crippen LogP contribution in [0.25, 0.3) is 0 Å². The number of sulfonamides is 1. The molecule has 2 aromatic carbocycles. The molecule has 30 heavy (non-hydrogen) atoms. The van der Waals surface area contributed by atoms with E-state index in [0.717, 1.165) is 10.2 Å². The maximum atomic E-state index is 13.0. The summed E-state index contributed by atoms with van der Waals surface area (Å²) in [7, 11) is -3.56. The van der Waals surface area contributed by atoms with Crippen LogP contribution in [0.5, 0.6) is 0 Å². The normalized spacial score (nSPS) is 20.6. The highest BCUT2D eigenvalue weighted by Gasteiger charge is 2.39. The maximum absolute atomic E-state index is 13.0. The van der Waals surface area contributed by atoms with Gasteiger partial charge < -0.3 is 9.80 Å². The first kappa shape index (κ1) is 21.0. The number of amides is 2. The lowest BCUT2D eigenvalue weighted by Gasteiger charge is -2.35. The van der Waals surface area contributed by atoms with Crippen molar-refractivity contribution < 1.29 is 18.0 Å². The predicted octanol–water partition coefficient (Wildman–Crippen LogP) is 2.34. The third-order valence-electron chi connectivity index (χ3n) is 5.53. The van der Waals surface area contributed by atoms with Crippen LogP contribution in [-0.2, 0) is 19.6 Å². The number of anilines is 1. The monoisotopic (exact) mass is 491 g/mol. The van der Waals surface area contributed by atoms with Gasteiger partial charge in [-0.2, -0.15) is 4.31 Å². The minimum absolute atomic E-state index is 0.0725. The zero-order valence-electron chi connectivity index (χ0n) is 16.3. The molecule has 4 rings (SSSR count). The molecule has 0 aromatic heterocycles. The van der Waals surface area contributed by atoms with Crippen LogP contribution in [0.15, 0.2) is 64.0 Å². The Kier molecular flexibility index (Phi) is 5.95. The molecular weight excluding hydrogens is 470 g/mol. The number of halogens is 1. The fraction of sp³-hybridized carbons (Fsp3) is 0.333. The van der Waals surface area contributed by atoms with E-state index in [0.29, 0.717) is 19.6 Å². The quantitative estimate of drug-likeness (QED) is 0.657. The molecule has 0 spiro atoms. The average Bonchev–Trinajstić information content (AvgIpc) is 3.15. The Labute approximate surface area is 184 Å². The van der Waals surface area contributed by atoms with E-state index in [-0.39, 0.29) is 36.2 Å². The lowest BCUT2D eigenvalue weighted by molar-refractivity contribution is -0.136. The smallest absolute Gasteiger partial charge is 0.243 e. The Morgan fingerprint density at radius 2 is 1.67 bits per heavy atom. The Bertz CT molecular complexity index is 1050. The first-order valence-corrected chi connectivity index (χ1v) is 12.0. The Morgan fingerprint density at radius 3 is 2.33 bits per heavy atom. The van der Waals surface area contributed by atoms with Crippen molar-refractivity contribution in [2.24, 2.45) is 5.92 Å². The van der Waals surface area contributed by atoms with Gasteiger partial charge in [0.25, 0.3) is 0 Å². The van der Waals surface area contributed by atoms with E-state index in [1.165, 1.54) is 4.31 Å². The summed E-state index contributed by atoms with van der Waals surface area (Å²) in [6, 6.07) is 15.8. The highest BCUT2D eigenvalue weighted by Crippen LogP contribution is 2.28. The van der Waals surface area contributed by atoms with Crippen LogP contribution in [0.4, 0.5) is 5.69 Å². The van der Waals surface area contributed by atoms with E-state index in [9.17, 15) is 18.0 Å². The molecule has 2 heterocycles. The minimum Gasteiger partial charge on any atom is -0.340 e. The second-order valence-electron chi connectivity index (χ2n) is 7.43. The van der Waals surface area contributed by atoms with Gasteiger partial charge in [-0.15, -0.1) is 0 Å². The number of piperazine rings is 1. The molecule has 0 aliphatic carbocycles. The predicted molar refractivity (Wildman–Crippen MR) is 116 cm³/mol. The van der Waals surface area contributed by atoms with E-state index >= 15 is 0 Å². The van der Waals surface area contributed by atoms with Crippen molar-refractivity contribution in [1.29, 1.82) is 0 Å². The van der Waals surface area contributed by atoms with Crippen molar-refractivity contribution in [3.8, 4) is 0 Å². The van der Waals surface area contributed by atoms with Gasteiger partial charge in [0.05, 0.1) is 10.8 Å². The van der Waals surface area contributed by atoms with Crippen LogP contribution in [-0.4, -0.2) is 62.2 Å². The maximum Gasteiger partial charge on any atom is 0.243 e. The van der Waals surface area contributed by atoms with E-state index < -0.39 is 15.9 Å². The summed E-state index contributed by atoms with van der Waals surface area (Å²) in [5.41, 5.74) is 0.767. The highest BCUT2D eigenvalue weighted by molar-refractivity contribution is 9.10. The Balaban J connectivity index is 1.39. The van der Waals surface area contributed by atoms with Crippen LogP contribution in [0.3, 0.4) is 0 Å². The molecule has 2 aromatic rings. The molecule has 2 amide bonds. The largest absolute Gasteiger partial charge is 0.340 e. The molecule has 2 aliphatic heterocycles. The minimum atomic E-state index is -3.56. The first-order valence-electron chi connectivity index (χ1n) is 9.76. The molecule has 2 aliphatic rings. The van der Waals surface area contributed by atoms with Gasteiger partial charge in [-0.3, -0.25) is 9.59 Å². The molecule has 0 N–H and O–H groups in total. The summed E-state index contributed by atoms with van der Waals surface area (Å²) in [6.07, 6.45) is 0.174. The summed E-state index contributed by atoms with van der Waals surface area (Å²) in [6.45, 7) is 1.49. The topological polar surface area (TPSA) is 78.0 Å². The summed E-state index contributed by atoms with van der Waals surface area (Å²) in [5, 5.41) is 0. The van der Waals surface area contributed by atoms with Crippen LogP contribution in [0.1, 0.15) is 6.42 Å². The van der Waals surface area contributed by atoms with E-state index in [4.69, 9.17) is 0 Å². The molecule has 1 atom stereocenters. The molecule has 1 unspecified atom stereocenters. The van der Waals surface area contributed by atoms with Crippen LogP contribution < -0.4 is 4.90 Å². The van der Waals surface area contributed by atoms with E-state index in [1.807, 2.05) is 24.3 Å². The summed E-state index contributed by atoms with van der Waals surface area (Å²) < 4.78 is 27.8. The molecule has 7 nitrogen and oxygen atoms in total. The van der Waals surface area contributed by atoms with Crippen LogP contribution in [0, 0.1) is 5.92 Å². The van der Waals surface area contributed by atoms with Gasteiger partial charge in [-0.25, -0.2) is 8.42 Å². The van der Waals surface area contributed by atoms with Crippen LogP contribution >= 0.6 is 15.9 Å².